The van der Waals surface area contributed by atoms with Gasteiger partial charge < -0.3 is 26.2 Å². The number of anilines is 7. The average Bonchev–Trinajstić information content (AvgIpc) is 3.30. The van der Waals surface area contributed by atoms with Crippen molar-refractivity contribution in [3.8, 4) is 0 Å². The minimum absolute atomic E-state index is 0.0645. The van der Waals surface area contributed by atoms with Crippen LogP contribution in [-0.4, -0.2) is 95.4 Å². The van der Waals surface area contributed by atoms with Crippen molar-refractivity contribution in [3.63, 3.8) is 0 Å². The number of hydrogen-bond donors (Lipinski definition) is 6. The molecule has 1 aromatic heterocycles. The second-order valence-corrected chi connectivity index (χ2v) is 16.4. The molecule has 5 aromatic rings. The topological polar surface area (TPSA) is 176 Å². The number of imide groups is 1. The van der Waals surface area contributed by atoms with Gasteiger partial charge in [-0.25, -0.2) is 18.8 Å². The molecule has 1 atom stereocenters. The van der Waals surface area contributed by atoms with Gasteiger partial charge in [0.05, 0.1) is 22.6 Å². The van der Waals surface area contributed by atoms with Crippen molar-refractivity contribution in [3.05, 3.63) is 125 Å². The van der Waals surface area contributed by atoms with Gasteiger partial charge in [-0.15, -0.1) is 0 Å². The maximum atomic E-state index is 15.2. The maximum Gasteiger partial charge on any atom is 0.265 e. The van der Waals surface area contributed by atoms with Gasteiger partial charge in [0.1, 0.15) is 11.9 Å². The van der Waals surface area contributed by atoms with Crippen LogP contribution in [0.1, 0.15) is 52.8 Å². The van der Waals surface area contributed by atoms with Crippen molar-refractivity contribution in [2.24, 2.45) is 5.92 Å². The van der Waals surface area contributed by atoms with Crippen molar-refractivity contribution in [1.82, 2.24) is 30.6 Å². The monoisotopic (exact) mass is 891 g/mol. The van der Waals surface area contributed by atoms with Crippen LogP contribution < -0.4 is 36.9 Å². The molecule has 15 nitrogen and oxygen atoms in total. The molecule has 0 bridgehead atoms. The van der Waals surface area contributed by atoms with E-state index in [4.69, 9.17) is 11.6 Å². The van der Waals surface area contributed by atoms with Crippen molar-refractivity contribution in [1.29, 1.82) is 0 Å². The molecule has 4 heterocycles. The molecule has 0 spiro atoms. The molecule has 3 fully saturated rings. The number of hydrazine groups is 1. The molecule has 4 amide bonds. The van der Waals surface area contributed by atoms with Crippen LogP contribution >= 0.6 is 11.6 Å². The summed E-state index contributed by atoms with van der Waals surface area (Å²) in [6.45, 7) is 5.55. The van der Waals surface area contributed by atoms with Crippen molar-refractivity contribution >= 4 is 75.4 Å². The second-order valence-electron chi connectivity index (χ2n) is 16.0. The Bertz CT molecular complexity index is 2480. The van der Waals surface area contributed by atoms with E-state index in [9.17, 15) is 23.6 Å². The van der Waals surface area contributed by atoms with Crippen LogP contribution in [-0.2, 0) is 9.59 Å². The summed E-state index contributed by atoms with van der Waals surface area (Å²) in [6, 6.07) is 24.6. The molecular weight excluding hydrogens is 844 g/mol. The fraction of sp³-hybridized carbons (Fsp3) is 0.304. The Morgan fingerprint density at radius 2 is 1.44 bits per heavy atom. The Hall–Kier alpha value is -6.69. The lowest BCUT2D eigenvalue weighted by atomic mass is 9.94. The van der Waals surface area contributed by atoms with Crippen LogP contribution in [0.2, 0.25) is 5.02 Å². The molecular formula is C46H48ClF2N11O4. The van der Waals surface area contributed by atoms with E-state index in [1.807, 2.05) is 5.01 Å². The quantitative estimate of drug-likeness (QED) is 0.0636. The van der Waals surface area contributed by atoms with Gasteiger partial charge in [-0.3, -0.25) is 34.8 Å². The predicted molar refractivity (Wildman–Crippen MR) is 242 cm³/mol. The first-order valence-corrected chi connectivity index (χ1v) is 21.7. The zero-order valence-electron chi connectivity index (χ0n) is 34.9. The molecule has 0 unspecified atom stereocenters. The Morgan fingerprint density at radius 3 is 2.12 bits per heavy atom. The zero-order valence-corrected chi connectivity index (χ0v) is 35.6. The number of amides is 4. The predicted octanol–water partition coefficient (Wildman–Crippen LogP) is 6.93. The summed E-state index contributed by atoms with van der Waals surface area (Å²) in [5.41, 5.74) is 6.56. The molecule has 332 valence electrons. The van der Waals surface area contributed by atoms with Crippen LogP contribution in [0, 0.1) is 17.6 Å². The van der Waals surface area contributed by atoms with Crippen LogP contribution in [0.5, 0.6) is 0 Å². The normalized spacial score (nSPS) is 17.4. The maximum absolute atomic E-state index is 15.2. The number of hydrogen-bond acceptors (Lipinski definition) is 12. The minimum atomic E-state index is -0.667. The van der Waals surface area contributed by atoms with Crippen LogP contribution in [0.4, 0.5) is 49.0 Å². The smallest absolute Gasteiger partial charge is 0.265 e. The lowest BCUT2D eigenvalue weighted by molar-refractivity contribution is -0.133. The van der Waals surface area contributed by atoms with Gasteiger partial charge in [-0.05, 0) is 117 Å². The van der Waals surface area contributed by atoms with Crippen LogP contribution in [0.3, 0.4) is 0 Å². The van der Waals surface area contributed by atoms with E-state index in [2.05, 4.69) is 51.8 Å². The molecule has 64 heavy (non-hydrogen) atoms. The minimum Gasteiger partial charge on any atom is -0.374 e. The van der Waals surface area contributed by atoms with Gasteiger partial charge in [0.15, 0.2) is 11.6 Å². The first-order chi connectivity index (χ1) is 31.0. The summed E-state index contributed by atoms with van der Waals surface area (Å²) in [5.74, 6) is -1.63. The summed E-state index contributed by atoms with van der Waals surface area (Å²) in [7, 11) is 0. The summed E-state index contributed by atoms with van der Waals surface area (Å²) in [4.78, 5) is 62.2. The highest BCUT2D eigenvalue weighted by Gasteiger charge is 2.28. The van der Waals surface area contributed by atoms with Crippen molar-refractivity contribution < 1.29 is 28.0 Å². The Labute approximate surface area is 373 Å². The number of halogens is 3. The van der Waals surface area contributed by atoms with Gasteiger partial charge in [-0.1, -0.05) is 23.7 Å². The number of benzene rings is 4. The van der Waals surface area contributed by atoms with E-state index in [1.165, 1.54) is 6.07 Å². The Morgan fingerprint density at radius 1 is 0.766 bits per heavy atom. The fourth-order valence-electron chi connectivity index (χ4n) is 7.95. The summed E-state index contributed by atoms with van der Waals surface area (Å²) in [5, 5.41) is 16.5. The Kier molecular flexibility index (Phi) is 13.9. The molecule has 0 aliphatic carbocycles. The van der Waals surface area contributed by atoms with Gasteiger partial charge in [0.2, 0.25) is 17.8 Å². The second kappa shape index (κ2) is 20.2. The number of aromatic nitrogens is 2. The lowest BCUT2D eigenvalue weighted by Crippen LogP contribution is -2.48. The zero-order chi connectivity index (χ0) is 44.6. The Balaban J connectivity index is 0.736. The van der Waals surface area contributed by atoms with E-state index in [0.29, 0.717) is 70.0 Å². The summed E-state index contributed by atoms with van der Waals surface area (Å²) < 4.78 is 29.9. The largest absolute Gasteiger partial charge is 0.374 e. The first kappa shape index (κ1) is 43.9. The molecule has 3 aliphatic rings. The molecule has 0 radical (unpaired) electrons. The van der Waals surface area contributed by atoms with E-state index in [-0.39, 0.29) is 41.7 Å². The van der Waals surface area contributed by atoms with Crippen molar-refractivity contribution in [2.45, 2.75) is 38.1 Å². The van der Waals surface area contributed by atoms with Gasteiger partial charge in [0, 0.05) is 73.9 Å². The standard InChI is InChI=1S/C46H48ClF2N11O4/c47-35-3-1-2-4-38(35)54-43(62)30-5-9-32(10-6-30)52-42-37(49)28-50-46(56-42)53-33-11-7-31(8-12-33)44(63)57-60-21-18-29(19-22-60)17-20-58-23-25-59(26-24-58)40-15-13-34(27-36(40)48)51-39-14-16-41(61)55-45(39)64/h1-13,15,27-29,39,51H,14,16-26H2,(H,54,62)(H,57,63)(H,55,61,64)(H2,50,52,53,56)/t39-/m1/s1. The average molecular weight is 892 g/mol. The SMILES string of the molecule is O=C1CC[C@@H](Nc2ccc(N3CCN(CCC4CCN(NC(=O)c5ccc(Nc6ncc(F)c(Nc7ccc(C(=O)Nc8ccccc8Cl)cc7)n6)cc5)CC4)CC3)c(F)c2)C(=O)N1. The van der Waals surface area contributed by atoms with E-state index >= 15 is 4.39 Å². The first-order valence-electron chi connectivity index (χ1n) is 21.3. The summed E-state index contributed by atoms with van der Waals surface area (Å²) in [6.07, 6.45) is 4.67. The van der Waals surface area contributed by atoms with E-state index in [0.717, 1.165) is 58.2 Å². The number of carbonyl (C=O) groups excluding carboxylic acids is 4. The van der Waals surface area contributed by atoms with Crippen LogP contribution in [0.25, 0.3) is 0 Å². The number of carbonyl (C=O) groups is 4. The van der Waals surface area contributed by atoms with Gasteiger partial charge >= 0.3 is 0 Å². The third-order valence-corrected chi connectivity index (χ3v) is 12.0. The molecule has 18 heteroatoms. The molecule has 4 aromatic carbocycles. The highest BCUT2D eigenvalue weighted by atomic mass is 35.5. The van der Waals surface area contributed by atoms with Crippen LogP contribution in [0.15, 0.2) is 97.2 Å². The number of rotatable bonds is 14. The highest BCUT2D eigenvalue weighted by Crippen LogP contribution is 2.28. The highest BCUT2D eigenvalue weighted by molar-refractivity contribution is 6.33. The van der Waals surface area contributed by atoms with E-state index < -0.39 is 17.8 Å². The lowest BCUT2D eigenvalue weighted by Gasteiger charge is -2.38. The van der Waals surface area contributed by atoms with Crippen molar-refractivity contribution in [2.75, 3.05) is 72.0 Å². The number of piperazine rings is 1. The number of nitrogens with zero attached hydrogens (tertiary/aromatic N) is 5. The molecule has 8 rings (SSSR count). The molecule has 3 saturated heterocycles. The number of piperidine rings is 2. The third-order valence-electron chi connectivity index (χ3n) is 11.6. The third kappa shape index (κ3) is 11.3. The molecule has 0 saturated carbocycles. The number of nitrogens with one attached hydrogen (secondary N) is 6. The van der Waals surface area contributed by atoms with E-state index in [1.54, 1.807) is 84.9 Å². The summed E-state index contributed by atoms with van der Waals surface area (Å²) >= 11 is 6.15. The number of para-hydroxylation sites is 1. The fourth-order valence-corrected chi connectivity index (χ4v) is 8.14. The van der Waals surface area contributed by atoms with Gasteiger partial charge in [-0.2, -0.15) is 4.98 Å². The van der Waals surface area contributed by atoms with Gasteiger partial charge in [0.25, 0.3) is 11.8 Å². The molecule has 3 aliphatic heterocycles. The molecule has 6 N–H and O–H groups in total.